The summed E-state index contributed by atoms with van der Waals surface area (Å²) in [6.45, 7) is 15.2. The van der Waals surface area contributed by atoms with E-state index < -0.39 is 8.32 Å². The molecular formula is C35H48N2O4Si. The number of amides is 1. The van der Waals surface area contributed by atoms with E-state index in [9.17, 15) is 15.0 Å². The van der Waals surface area contributed by atoms with Gasteiger partial charge in [0.05, 0.1) is 19.1 Å². The van der Waals surface area contributed by atoms with Crippen molar-refractivity contribution in [3.05, 3.63) is 100 Å². The van der Waals surface area contributed by atoms with Gasteiger partial charge < -0.3 is 24.9 Å². The molecule has 2 atom stereocenters. The minimum Gasteiger partial charge on any atom is -0.508 e. The summed E-state index contributed by atoms with van der Waals surface area (Å²) in [5, 5.41) is 23.6. The zero-order valence-electron chi connectivity index (χ0n) is 26.1. The topological polar surface area (TPSA) is 82.0 Å². The Morgan fingerprint density at radius 1 is 1.02 bits per heavy atom. The van der Waals surface area contributed by atoms with Crippen LogP contribution < -0.4 is 5.32 Å². The Labute approximate surface area is 252 Å². The standard InChI is InChI=1S/C35H48N2O4Si/c1-25(36-22-33(41-42(5,6)35(2,3)4)29-14-15-32(39)31(21-29)24-38)18-26-10-9-11-27(19-26)20-34(40)37-17-16-28-12-7-8-13-30(28)23-37/h7-15,19,21,25,33,36,38-39H,16-18,20,22-24H2,1-6H3/t25-,33+/m1/s1. The fourth-order valence-electron chi connectivity index (χ4n) is 5.29. The summed E-state index contributed by atoms with van der Waals surface area (Å²) in [7, 11) is -2.10. The molecule has 3 aromatic carbocycles. The molecule has 1 heterocycles. The van der Waals surface area contributed by atoms with E-state index in [2.05, 4.69) is 76.4 Å². The van der Waals surface area contributed by atoms with Crippen LogP contribution in [0.25, 0.3) is 0 Å². The van der Waals surface area contributed by atoms with Gasteiger partial charge in [-0.15, -0.1) is 0 Å². The molecule has 4 rings (SSSR count). The van der Waals surface area contributed by atoms with Crippen molar-refractivity contribution in [3.8, 4) is 5.75 Å². The van der Waals surface area contributed by atoms with Crippen molar-refractivity contribution in [2.24, 2.45) is 0 Å². The van der Waals surface area contributed by atoms with E-state index in [4.69, 9.17) is 4.43 Å². The van der Waals surface area contributed by atoms with Crippen LogP contribution in [-0.2, 0) is 41.6 Å². The summed E-state index contributed by atoms with van der Waals surface area (Å²) < 4.78 is 6.84. The third-order valence-electron chi connectivity index (χ3n) is 8.91. The normalized spacial score (nSPS) is 15.3. The van der Waals surface area contributed by atoms with Crippen LogP contribution >= 0.6 is 0 Å². The number of aromatic hydroxyl groups is 1. The molecule has 0 unspecified atom stereocenters. The Morgan fingerprint density at radius 2 is 1.74 bits per heavy atom. The number of aliphatic hydroxyl groups is 1. The van der Waals surface area contributed by atoms with Crippen molar-refractivity contribution < 1.29 is 19.4 Å². The first-order valence-corrected chi connectivity index (χ1v) is 18.0. The summed E-state index contributed by atoms with van der Waals surface area (Å²) in [6.07, 6.45) is 1.94. The third kappa shape index (κ3) is 8.10. The fraction of sp³-hybridized carbons (Fsp3) is 0.457. The summed E-state index contributed by atoms with van der Waals surface area (Å²) >= 11 is 0. The molecular weight excluding hydrogens is 540 g/mol. The molecule has 1 aliphatic rings. The van der Waals surface area contributed by atoms with E-state index in [1.54, 1.807) is 6.07 Å². The van der Waals surface area contributed by atoms with Gasteiger partial charge in [-0.25, -0.2) is 0 Å². The van der Waals surface area contributed by atoms with Crippen molar-refractivity contribution in [2.45, 2.75) is 90.4 Å². The van der Waals surface area contributed by atoms with Crippen LogP contribution in [0.2, 0.25) is 18.1 Å². The second kappa shape index (κ2) is 13.6. The number of phenols is 1. The summed E-state index contributed by atoms with van der Waals surface area (Å²) in [6, 6.07) is 22.3. The minimum absolute atomic E-state index is 0.0447. The van der Waals surface area contributed by atoms with Gasteiger partial charge in [0.15, 0.2) is 8.32 Å². The van der Waals surface area contributed by atoms with Gasteiger partial charge in [0.2, 0.25) is 5.91 Å². The van der Waals surface area contributed by atoms with Crippen molar-refractivity contribution in [3.63, 3.8) is 0 Å². The van der Waals surface area contributed by atoms with Crippen LogP contribution in [0.1, 0.15) is 67.2 Å². The number of nitrogens with zero attached hydrogens (tertiary/aromatic N) is 1. The summed E-state index contributed by atoms with van der Waals surface area (Å²) in [5.74, 6) is 0.270. The SMILES string of the molecule is C[C@H](Cc1cccc(CC(=O)N2CCc3ccccc3C2)c1)NC[C@H](O[Si](C)(C)C(C)(C)C)c1ccc(O)c(CO)c1. The lowest BCUT2D eigenvalue weighted by Crippen LogP contribution is -2.44. The Morgan fingerprint density at radius 3 is 2.45 bits per heavy atom. The van der Waals surface area contributed by atoms with Gasteiger partial charge in [-0.05, 0) is 77.8 Å². The third-order valence-corrected chi connectivity index (χ3v) is 13.4. The molecule has 0 bridgehead atoms. The van der Waals surface area contributed by atoms with Gasteiger partial charge in [0.25, 0.3) is 0 Å². The monoisotopic (exact) mass is 588 g/mol. The van der Waals surface area contributed by atoms with Gasteiger partial charge in [-0.2, -0.15) is 0 Å². The molecule has 0 aromatic heterocycles. The van der Waals surface area contributed by atoms with Crippen LogP contribution in [0.3, 0.4) is 0 Å². The number of carbonyl (C=O) groups excluding carboxylic acids is 1. The van der Waals surface area contributed by atoms with E-state index in [0.29, 0.717) is 25.1 Å². The number of benzene rings is 3. The molecule has 0 radical (unpaired) electrons. The largest absolute Gasteiger partial charge is 0.508 e. The van der Waals surface area contributed by atoms with Gasteiger partial charge >= 0.3 is 0 Å². The molecule has 1 aliphatic heterocycles. The highest BCUT2D eigenvalue weighted by Crippen LogP contribution is 2.40. The number of hydrogen-bond donors (Lipinski definition) is 3. The van der Waals surface area contributed by atoms with Crippen molar-refractivity contribution in [1.29, 1.82) is 0 Å². The molecule has 0 spiro atoms. The average molecular weight is 589 g/mol. The van der Waals surface area contributed by atoms with Crippen molar-refractivity contribution >= 4 is 14.2 Å². The first kappa shape index (κ1) is 32.0. The zero-order chi connectivity index (χ0) is 30.5. The first-order chi connectivity index (χ1) is 19.9. The second-order valence-corrected chi connectivity index (χ2v) is 18.0. The van der Waals surface area contributed by atoms with Crippen molar-refractivity contribution in [2.75, 3.05) is 13.1 Å². The highest BCUT2D eigenvalue weighted by Gasteiger charge is 2.39. The van der Waals surface area contributed by atoms with E-state index in [1.807, 2.05) is 35.2 Å². The molecule has 0 fully saturated rings. The predicted octanol–water partition coefficient (Wildman–Crippen LogP) is 6.30. The summed E-state index contributed by atoms with van der Waals surface area (Å²) in [4.78, 5) is 15.1. The van der Waals surface area contributed by atoms with Crippen molar-refractivity contribution in [1.82, 2.24) is 10.2 Å². The number of rotatable bonds is 11. The number of nitrogens with one attached hydrogen (secondary N) is 1. The second-order valence-electron chi connectivity index (χ2n) is 13.3. The van der Waals surface area contributed by atoms with Crippen LogP contribution in [0, 0.1) is 0 Å². The lowest BCUT2D eigenvalue weighted by Gasteiger charge is -2.40. The lowest BCUT2D eigenvalue weighted by atomic mass is 9.98. The molecule has 1 amide bonds. The van der Waals surface area contributed by atoms with Gasteiger partial charge in [-0.1, -0.05) is 75.4 Å². The number of aliphatic hydroxyl groups excluding tert-OH is 1. The lowest BCUT2D eigenvalue weighted by molar-refractivity contribution is -0.131. The Bertz CT molecular complexity index is 1370. The average Bonchev–Trinajstić information content (AvgIpc) is 2.95. The van der Waals surface area contributed by atoms with E-state index in [1.165, 1.54) is 16.7 Å². The quantitative estimate of drug-likeness (QED) is 0.229. The Kier molecular flexibility index (Phi) is 10.3. The van der Waals surface area contributed by atoms with Gasteiger partial charge in [0.1, 0.15) is 5.75 Å². The maximum atomic E-state index is 13.1. The van der Waals surface area contributed by atoms with Crippen LogP contribution in [-0.4, -0.2) is 48.5 Å². The molecule has 0 saturated carbocycles. The molecule has 226 valence electrons. The molecule has 3 aromatic rings. The Hall–Kier alpha value is -2.97. The number of fused-ring (bicyclic) bond motifs is 1. The smallest absolute Gasteiger partial charge is 0.227 e. The molecule has 6 nitrogen and oxygen atoms in total. The van der Waals surface area contributed by atoms with E-state index in [-0.39, 0.29) is 35.4 Å². The van der Waals surface area contributed by atoms with Gasteiger partial charge in [0, 0.05) is 31.2 Å². The zero-order valence-corrected chi connectivity index (χ0v) is 27.1. The number of carbonyl (C=O) groups is 1. The molecule has 7 heteroatoms. The maximum Gasteiger partial charge on any atom is 0.227 e. The minimum atomic E-state index is -2.10. The summed E-state index contributed by atoms with van der Waals surface area (Å²) in [5.41, 5.74) is 6.29. The Balaban J connectivity index is 1.39. The van der Waals surface area contributed by atoms with Crippen LogP contribution in [0.4, 0.5) is 0 Å². The maximum absolute atomic E-state index is 13.1. The predicted molar refractivity (Wildman–Crippen MR) is 172 cm³/mol. The highest BCUT2D eigenvalue weighted by atomic mass is 28.4. The molecule has 0 aliphatic carbocycles. The van der Waals surface area contributed by atoms with Gasteiger partial charge in [-0.3, -0.25) is 4.79 Å². The molecule has 0 saturated heterocycles. The highest BCUT2D eigenvalue weighted by molar-refractivity contribution is 6.74. The van der Waals surface area contributed by atoms with E-state index in [0.717, 1.165) is 30.5 Å². The fourth-order valence-corrected chi connectivity index (χ4v) is 6.57. The van der Waals surface area contributed by atoms with E-state index >= 15 is 0 Å². The molecule has 3 N–H and O–H groups in total. The van der Waals surface area contributed by atoms with Crippen LogP contribution in [0.5, 0.6) is 5.75 Å². The molecule has 42 heavy (non-hydrogen) atoms. The first-order valence-electron chi connectivity index (χ1n) is 15.1. The number of hydrogen-bond acceptors (Lipinski definition) is 5. The van der Waals surface area contributed by atoms with Crippen LogP contribution in [0.15, 0.2) is 66.7 Å².